The van der Waals surface area contributed by atoms with Gasteiger partial charge < -0.3 is 4.42 Å². The van der Waals surface area contributed by atoms with E-state index in [0.29, 0.717) is 28.7 Å². The summed E-state index contributed by atoms with van der Waals surface area (Å²) in [6.45, 7) is 7.31. The van der Waals surface area contributed by atoms with E-state index in [9.17, 15) is 10.1 Å². The van der Waals surface area contributed by atoms with Gasteiger partial charge in [0, 0.05) is 4.88 Å². The topological polar surface area (TPSA) is 117 Å². The van der Waals surface area contributed by atoms with Gasteiger partial charge in [0.15, 0.2) is 11.4 Å². The van der Waals surface area contributed by atoms with Crippen LogP contribution in [0.25, 0.3) is 27.4 Å². The summed E-state index contributed by atoms with van der Waals surface area (Å²) in [6.07, 6.45) is 8.80. The first-order valence-electron chi connectivity index (χ1n) is 11.7. The molecule has 5 heterocycles. The Morgan fingerprint density at radius 3 is 2.97 bits per heavy atom. The van der Waals surface area contributed by atoms with Crippen molar-refractivity contribution in [1.82, 2.24) is 29.4 Å². The van der Waals surface area contributed by atoms with Crippen LogP contribution >= 0.6 is 11.3 Å². The molecule has 5 aromatic heterocycles. The molecule has 6 rings (SSSR count). The number of thiophene rings is 1. The SMILES string of the molecule is CCC(C)(C)[C@H]1CCc2c(sc3ncn4nc(-c5ccc(Cn6cc([N+](=O)[O-])cn6)o5)nc4c23)C1. The van der Waals surface area contributed by atoms with E-state index in [4.69, 9.17) is 9.40 Å². The highest BCUT2D eigenvalue weighted by Crippen LogP contribution is 2.45. The molecule has 0 saturated heterocycles. The van der Waals surface area contributed by atoms with Gasteiger partial charge in [0.05, 0.1) is 16.9 Å². The molecule has 35 heavy (non-hydrogen) atoms. The Morgan fingerprint density at radius 2 is 2.20 bits per heavy atom. The molecule has 0 unspecified atom stereocenters. The third-order valence-electron chi connectivity index (χ3n) is 7.43. The summed E-state index contributed by atoms with van der Waals surface area (Å²) in [4.78, 5) is 22.4. The summed E-state index contributed by atoms with van der Waals surface area (Å²) in [5.74, 6) is 2.30. The Bertz CT molecular complexity index is 1570. The lowest BCUT2D eigenvalue weighted by Crippen LogP contribution is -2.28. The molecule has 5 aromatic rings. The van der Waals surface area contributed by atoms with Gasteiger partial charge in [0.1, 0.15) is 29.3 Å². The van der Waals surface area contributed by atoms with E-state index in [0.717, 1.165) is 28.7 Å². The molecule has 0 amide bonds. The summed E-state index contributed by atoms with van der Waals surface area (Å²) in [5, 5.41) is 20.6. The van der Waals surface area contributed by atoms with Crippen LogP contribution in [0.2, 0.25) is 0 Å². The van der Waals surface area contributed by atoms with Gasteiger partial charge in [-0.15, -0.1) is 16.4 Å². The predicted octanol–water partition coefficient (Wildman–Crippen LogP) is 5.29. The average molecular weight is 492 g/mol. The summed E-state index contributed by atoms with van der Waals surface area (Å²) in [6, 6.07) is 3.62. The monoisotopic (exact) mass is 491 g/mol. The largest absolute Gasteiger partial charge is 0.456 e. The van der Waals surface area contributed by atoms with E-state index in [-0.39, 0.29) is 12.2 Å². The maximum atomic E-state index is 10.9. The third-order valence-corrected chi connectivity index (χ3v) is 8.59. The van der Waals surface area contributed by atoms with Crippen molar-refractivity contribution >= 4 is 32.9 Å². The van der Waals surface area contributed by atoms with Crippen LogP contribution in [0, 0.1) is 21.4 Å². The molecule has 1 aliphatic carbocycles. The van der Waals surface area contributed by atoms with E-state index in [1.165, 1.54) is 40.4 Å². The molecule has 0 saturated carbocycles. The van der Waals surface area contributed by atoms with Gasteiger partial charge in [-0.3, -0.25) is 14.8 Å². The van der Waals surface area contributed by atoms with Crippen molar-refractivity contribution in [2.24, 2.45) is 11.3 Å². The van der Waals surface area contributed by atoms with Crippen molar-refractivity contribution in [3.8, 4) is 11.6 Å². The number of aromatic nitrogens is 6. The smallest absolute Gasteiger partial charge is 0.307 e. The lowest BCUT2D eigenvalue weighted by atomic mass is 9.70. The average Bonchev–Trinajstić information content (AvgIpc) is 3.62. The highest BCUT2D eigenvalue weighted by atomic mass is 32.1. The molecule has 0 radical (unpaired) electrons. The molecule has 1 atom stereocenters. The number of rotatable bonds is 6. The molecule has 0 fully saturated rings. The Labute approximate surface area is 204 Å². The van der Waals surface area contributed by atoms with Gasteiger partial charge in [-0.1, -0.05) is 27.2 Å². The molecule has 0 N–H and O–H groups in total. The van der Waals surface area contributed by atoms with E-state index < -0.39 is 4.92 Å². The number of furan rings is 1. The maximum absolute atomic E-state index is 10.9. The molecule has 0 bridgehead atoms. The quantitative estimate of drug-likeness (QED) is 0.234. The number of nitrogens with zero attached hydrogens (tertiary/aromatic N) is 7. The van der Waals surface area contributed by atoms with Gasteiger partial charge in [-0.2, -0.15) is 5.10 Å². The zero-order valence-corrected chi connectivity index (χ0v) is 20.6. The van der Waals surface area contributed by atoms with E-state index >= 15 is 0 Å². The molecule has 180 valence electrons. The second-order valence-corrected chi connectivity index (χ2v) is 10.9. The standard InChI is InChI=1S/C24H25N7O3S/c1-4-24(2,3)14-5-7-17-19(9-14)35-23-20(17)22-27-21(28-30(22)13-25-23)18-8-6-16(34-18)12-29-11-15(10-26-29)31(32)33/h6,8,10-11,13-14H,4-5,7,9,12H2,1-3H3/t14-/m0/s1. The minimum atomic E-state index is -0.472. The maximum Gasteiger partial charge on any atom is 0.307 e. The number of hydrogen-bond acceptors (Lipinski definition) is 8. The van der Waals surface area contributed by atoms with Crippen molar-refractivity contribution in [3.63, 3.8) is 0 Å². The zero-order valence-electron chi connectivity index (χ0n) is 19.8. The van der Waals surface area contributed by atoms with Gasteiger partial charge >= 0.3 is 5.69 Å². The minimum Gasteiger partial charge on any atom is -0.456 e. The minimum absolute atomic E-state index is 0.0565. The van der Waals surface area contributed by atoms with Crippen LogP contribution in [0.15, 0.2) is 35.3 Å². The second kappa shape index (κ2) is 7.98. The Morgan fingerprint density at radius 1 is 1.34 bits per heavy atom. The van der Waals surface area contributed by atoms with Crippen LogP contribution in [0.1, 0.15) is 49.8 Å². The Hall–Kier alpha value is -3.60. The normalized spacial score (nSPS) is 16.3. The van der Waals surface area contributed by atoms with Crippen molar-refractivity contribution in [1.29, 1.82) is 0 Å². The molecule has 0 spiro atoms. The second-order valence-electron chi connectivity index (χ2n) is 9.83. The fraction of sp³-hybridized carbons (Fsp3) is 0.417. The number of fused-ring (bicyclic) bond motifs is 5. The van der Waals surface area contributed by atoms with E-state index in [1.807, 2.05) is 12.1 Å². The summed E-state index contributed by atoms with van der Waals surface area (Å²) < 4.78 is 9.15. The third kappa shape index (κ3) is 3.70. The Kier molecular flexibility index (Phi) is 4.99. The molecule has 0 aliphatic heterocycles. The van der Waals surface area contributed by atoms with Gasteiger partial charge in [-0.05, 0) is 48.3 Å². The molecule has 0 aromatic carbocycles. The highest BCUT2D eigenvalue weighted by molar-refractivity contribution is 7.19. The van der Waals surface area contributed by atoms with Crippen LogP contribution in [0.3, 0.4) is 0 Å². The molecule has 1 aliphatic rings. The lowest BCUT2D eigenvalue weighted by molar-refractivity contribution is -0.385. The van der Waals surface area contributed by atoms with Crippen LogP contribution in [-0.2, 0) is 19.4 Å². The molecular weight excluding hydrogens is 466 g/mol. The van der Waals surface area contributed by atoms with Gasteiger partial charge in [0.2, 0.25) is 5.82 Å². The van der Waals surface area contributed by atoms with Crippen molar-refractivity contribution in [3.05, 3.63) is 57.2 Å². The lowest BCUT2D eigenvalue weighted by Gasteiger charge is -2.36. The van der Waals surface area contributed by atoms with Crippen LogP contribution in [-0.4, -0.2) is 34.3 Å². The van der Waals surface area contributed by atoms with Crippen LogP contribution < -0.4 is 0 Å². The predicted molar refractivity (Wildman–Crippen MR) is 131 cm³/mol. The number of aryl methyl sites for hydroxylation is 1. The van der Waals surface area contributed by atoms with Crippen LogP contribution in [0.5, 0.6) is 0 Å². The molecule has 10 nitrogen and oxygen atoms in total. The number of hydrogen-bond donors (Lipinski definition) is 0. The van der Waals surface area contributed by atoms with Crippen molar-refractivity contribution in [2.75, 3.05) is 0 Å². The van der Waals surface area contributed by atoms with E-state index in [1.54, 1.807) is 22.2 Å². The Balaban J connectivity index is 1.32. The fourth-order valence-electron chi connectivity index (χ4n) is 4.91. The first kappa shape index (κ1) is 21.9. The van der Waals surface area contributed by atoms with Crippen molar-refractivity contribution in [2.45, 2.75) is 53.0 Å². The zero-order chi connectivity index (χ0) is 24.3. The van der Waals surface area contributed by atoms with Gasteiger partial charge in [0.25, 0.3) is 0 Å². The first-order chi connectivity index (χ1) is 16.8. The molecule has 11 heteroatoms. The summed E-state index contributed by atoms with van der Waals surface area (Å²) in [7, 11) is 0. The first-order valence-corrected chi connectivity index (χ1v) is 12.6. The molecular formula is C24H25N7O3S. The van der Waals surface area contributed by atoms with Crippen LogP contribution in [0.4, 0.5) is 5.69 Å². The fourth-order valence-corrected chi connectivity index (χ4v) is 6.17. The summed E-state index contributed by atoms with van der Waals surface area (Å²) >= 11 is 1.79. The number of nitro groups is 1. The van der Waals surface area contributed by atoms with E-state index in [2.05, 4.69) is 36.0 Å². The highest BCUT2D eigenvalue weighted by Gasteiger charge is 2.33. The summed E-state index contributed by atoms with van der Waals surface area (Å²) in [5.41, 5.74) is 2.44. The van der Waals surface area contributed by atoms with Crippen molar-refractivity contribution < 1.29 is 9.34 Å². The van der Waals surface area contributed by atoms with Gasteiger partial charge in [-0.25, -0.2) is 14.5 Å².